The molecule has 2 unspecified atom stereocenters. The average molecular weight is 1660 g/mol. The molecule has 8 aromatic rings. The summed E-state index contributed by atoms with van der Waals surface area (Å²) in [6, 6.07) is 26.0. The number of aliphatic imine (C=N–C) groups is 2. The zero-order valence-corrected chi connectivity index (χ0v) is 64.9. The first kappa shape index (κ1) is 77.1. The quantitative estimate of drug-likeness (QED) is 0.0883. The number of nitrogens with zero attached hydrogens (tertiary/aromatic N) is 11. The monoisotopic (exact) mass is 1650 g/mol. The molecule has 1 radical (unpaired) electrons. The summed E-state index contributed by atoms with van der Waals surface area (Å²) in [5.41, 5.74) is 11.2. The van der Waals surface area contributed by atoms with Crippen molar-refractivity contribution in [3.63, 3.8) is 0 Å². The predicted molar refractivity (Wildman–Crippen MR) is 374 cm³/mol. The van der Waals surface area contributed by atoms with Gasteiger partial charge in [0.25, 0.3) is 0 Å². The van der Waals surface area contributed by atoms with E-state index in [1.54, 1.807) is 11.3 Å². The van der Waals surface area contributed by atoms with Crippen LogP contribution >= 0.6 is 11.3 Å². The molecule has 2 atom stereocenters. The molecule has 2 aromatic carbocycles. The van der Waals surface area contributed by atoms with E-state index in [1.807, 2.05) is 93.4 Å². The Morgan fingerprint density at radius 2 is 1.17 bits per heavy atom. The van der Waals surface area contributed by atoms with E-state index in [1.165, 1.54) is 149 Å². The number of aromatic hydroxyl groups is 2. The Hall–Kier alpha value is -4.62. The van der Waals surface area contributed by atoms with Gasteiger partial charge in [-0.05, 0) is 166 Å². The second kappa shape index (κ2) is 32.4. The molecule has 7 aliphatic rings. The summed E-state index contributed by atoms with van der Waals surface area (Å²) in [7, 11) is -1.82. The Bertz CT molecular complexity index is 3950. The molecule has 6 aromatic heterocycles. The summed E-state index contributed by atoms with van der Waals surface area (Å²) in [5.74, 6) is 1.34. The molecule has 5 fully saturated rings. The number of fused-ring (bicyclic) bond motifs is 1. The van der Waals surface area contributed by atoms with Crippen LogP contribution in [-0.2, 0) is 97.3 Å². The number of benzene rings is 2. The molecule has 3 N–H and O–H groups in total. The van der Waals surface area contributed by atoms with E-state index in [0.29, 0.717) is 55.6 Å². The molecule has 5 aliphatic carbocycles. The second-order valence-electron chi connectivity index (χ2n) is 30.3. The van der Waals surface area contributed by atoms with Gasteiger partial charge < -0.3 is 34.4 Å². The van der Waals surface area contributed by atoms with Gasteiger partial charge in [-0.1, -0.05) is 173 Å². The molecule has 0 bridgehead atoms. The Labute approximate surface area is 625 Å². The number of hydrogen-bond acceptors (Lipinski definition) is 12. The van der Waals surface area contributed by atoms with Crippen molar-refractivity contribution in [2.24, 2.45) is 37.1 Å². The molecule has 21 heteroatoms. The predicted octanol–water partition coefficient (Wildman–Crippen LogP) is 19.0. The Morgan fingerprint density at radius 1 is 0.635 bits per heavy atom. The number of oxazole rings is 1. The van der Waals surface area contributed by atoms with Crippen LogP contribution in [0, 0.1) is 27.1 Å². The molecule has 0 saturated heterocycles. The van der Waals surface area contributed by atoms with Gasteiger partial charge in [-0.15, -0.1) is 11.3 Å². The van der Waals surface area contributed by atoms with Crippen molar-refractivity contribution in [3.8, 4) is 34.1 Å². The van der Waals surface area contributed by atoms with Gasteiger partial charge in [0.05, 0.1) is 11.4 Å². The zero-order chi connectivity index (χ0) is 64.5. The SMILES string of the molecule is CC(c1ccnn1-c1nc2ccccc2[n-]1)C1(C)CCCC1.CC1(C2=NC(c3nc(-c4ccccc4)oc3O)N=C2)CCCCC1.CC1(Cc2cc(-n3nccc3CC3(C)CCCC3)c(O)s2)CCCC1.CC1=CC(n2nccc2CC2(C)CCCC2)=C(O)[Si]1(C)C.[Co].[Pd].[Pd].[Pd]. The van der Waals surface area contributed by atoms with Gasteiger partial charge in [0.2, 0.25) is 5.89 Å². The normalized spacial score (nSPS) is 20.8. The molecule has 15 nitrogen and oxygen atoms in total. The van der Waals surface area contributed by atoms with Crippen molar-refractivity contribution < 1.29 is 97.8 Å². The van der Waals surface area contributed by atoms with E-state index in [9.17, 15) is 15.3 Å². The number of aliphatic hydroxyl groups is 1. The standard InChI is InChI=1S/C21H30N2OS.C19H21N3O2.C18H21N4.C17H26N2OSi.Co.3Pd/c1-20(8-3-4-9-20)14-16-7-12-22-23(16)18-13-17(25-19(18)24)15-21(2)10-5-6-11-21;1-19(10-6-3-7-11-19)14-12-20-16(21-14)15-18(23)24-17(22-15)13-8-4-2-5-9-13;1-13(18(2)10-5-6-11-18)16-9-12-19-22(16)17-20-14-7-3-4-8-15(14)21-17;1-13-11-15(16(20)21(13,3)4)19-14(7-10-18-19)12-17(2)8-5-6-9-17;;;;/h7,12-13,24H,3-6,8-11,14-15H2,1-2H3;2,4-5,8-9,12,16,23H,3,6-7,10-11H2,1H3;3-4,7-9,12-13H,5-6,10-11H2,1-2H3;7,10-11,20H,5-6,8-9,12H2,1-4H3;;;;/q;;-1;;;;;. The first-order valence-corrected chi connectivity index (χ1v) is 38.3. The van der Waals surface area contributed by atoms with E-state index in [-0.39, 0.29) is 89.4 Å². The molecule has 0 amide bonds. The molecule has 0 spiro atoms. The number of aromatic nitrogens is 9. The molecule has 8 heterocycles. The van der Waals surface area contributed by atoms with Crippen LogP contribution in [0.4, 0.5) is 0 Å². The first-order valence-electron chi connectivity index (χ1n) is 34.4. The summed E-state index contributed by atoms with van der Waals surface area (Å²) in [4.78, 5) is 24.2. The van der Waals surface area contributed by atoms with E-state index in [0.717, 1.165) is 65.8 Å². The largest absolute Gasteiger partial charge is 0.515 e. The molecular weight excluding hydrogens is 1560 g/mol. The summed E-state index contributed by atoms with van der Waals surface area (Å²) in [5, 5.41) is 47.2. The van der Waals surface area contributed by atoms with Crippen molar-refractivity contribution in [2.45, 2.75) is 228 Å². The van der Waals surface area contributed by atoms with Gasteiger partial charge in [-0.2, -0.15) is 10.2 Å². The summed E-state index contributed by atoms with van der Waals surface area (Å²) >= 11 is 1.54. The van der Waals surface area contributed by atoms with Crippen molar-refractivity contribution >= 4 is 48.1 Å². The minimum Gasteiger partial charge on any atom is -0.515 e. The van der Waals surface area contributed by atoms with E-state index < -0.39 is 14.2 Å². The maximum absolute atomic E-state index is 10.6. The number of thiophene rings is 1. The summed E-state index contributed by atoms with van der Waals surface area (Å²) in [6.45, 7) is 20.7. The van der Waals surface area contributed by atoms with Crippen LogP contribution in [0.3, 0.4) is 0 Å². The molecule has 2 aliphatic heterocycles. The Balaban J connectivity index is 0.000000162. The van der Waals surface area contributed by atoms with Crippen LogP contribution in [0.25, 0.3) is 39.8 Å². The number of allylic oxidation sites excluding steroid dienone is 3. The third-order valence-corrected chi connectivity index (χ3v) is 27.0. The second-order valence-corrected chi connectivity index (χ2v) is 35.9. The van der Waals surface area contributed by atoms with Gasteiger partial charge in [-0.25, -0.2) is 19.4 Å². The fourth-order valence-corrected chi connectivity index (χ4v) is 18.8. The smallest absolute Gasteiger partial charge is 0.310 e. The summed E-state index contributed by atoms with van der Waals surface area (Å²) < 4.78 is 11.3. The van der Waals surface area contributed by atoms with Gasteiger partial charge in [-0.3, -0.25) is 9.98 Å². The van der Waals surface area contributed by atoms with Gasteiger partial charge in [0, 0.05) is 147 Å². The number of para-hydroxylation sites is 2. The number of hydrogen-bond donors (Lipinski definition) is 3. The molecule has 15 rings (SSSR count). The Morgan fingerprint density at radius 3 is 1.76 bits per heavy atom. The van der Waals surface area contributed by atoms with Crippen LogP contribution in [0.1, 0.15) is 223 Å². The number of imidazole rings is 1. The van der Waals surface area contributed by atoms with Crippen LogP contribution in [0.5, 0.6) is 11.0 Å². The van der Waals surface area contributed by atoms with E-state index in [2.05, 4.69) is 127 Å². The zero-order valence-electron chi connectivity index (χ0n) is 57.4. The third kappa shape index (κ3) is 17.0. The fraction of sp³-hybridized carbons (Fsp3) is 0.533. The Kier molecular flexibility index (Phi) is 26.0. The minimum atomic E-state index is -1.82. The van der Waals surface area contributed by atoms with Crippen LogP contribution < -0.4 is 4.98 Å². The topological polar surface area (TPSA) is 192 Å². The van der Waals surface area contributed by atoms with Crippen LogP contribution in [-0.4, -0.2) is 74.6 Å². The van der Waals surface area contributed by atoms with Crippen molar-refractivity contribution in [1.82, 2.24) is 44.3 Å². The summed E-state index contributed by atoms with van der Waals surface area (Å²) in [6.07, 6.45) is 39.5. The number of rotatable bonds is 14. The van der Waals surface area contributed by atoms with E-state index in [4.69, 9.17) is 9.41 Å². The van der Waals surface area contributed by atoms with Crippen molar-refractivity contribution in [3.05, 3.63) is 142 Å². The third-order valence-electron chi connectivity index (χ3n) is 22.6. The number of aliphatic hydroxyl groups excluding tert-OH is 1. The molecule has 96 heavy (non-hydrogen) atoms. The van der Waals surface area contributed by atoms with Crippen molar-refractivity contribution in [2.75, 3.05) is 0 Å². The molecule has 527 valence electrons. The van der Waals surface area contributed by atoms with E-state index >= 15 is 0 Å². The van der Waals surface area contributed by atoms with Gasteiger partial charge in [0.1, 0.15) is 11.1 Å². The minimum absolute atomic E-state index is 0. The first-order chi connectivity index (χ1) is 44.1. The molecular formula is C75H98CoN11O4Pd3SSi-. The fourth-order valence-electron chi connectivity index (χ4n) is 16.0. The average Bonchev–Trinajstić information content (AvgIpc) is 1.64. The van der Waals surface area contributed by atoms with Crippen LogP contribution in [0.2, 0.25) is 13.1 Å². The van der Waals surface area contributed by atoms with Crippen molar-refractivity contribution in [1.29, 1.82) is 0 Å². The molecule has 5 saturated carbocycles. The maximum Gasteiger partial charge on any atom is 0.310 e. The van der Waals surface area contributed by atoms with Crippen LogP contribution in [0.15, 0.2) is 129 Å². The maximum atomic E-state index is 10.6. The van der Waals surface area contributed by atoms with Gasteiger partial charge in [0.15, 0.2) is 25.0 Å². The van der Waals surface area contributed by atoms with Gasteiger partial charge >= 0.3 is 5.95 Å².